The second-order valence-corrected chi connectivity index (χ2v) is 4.96. The molecular formula is C14H15ClN4O2. The van der Waals surface area contributed by atoms with Gasteiger partial charge in [-0.3, -0.25) is 16.0 Å². The molecule has 2 aromatic rings. The maximum atomic E-state index is 10.9. The van der Waals surface area contributed by atoms with E-state index in [0.29, 0.717) is 16.4 Å². The first-order valence-electron chi connectivity index (χ1n) is 6.28. The fourth-order valence-electron chi connectivity index (χ4n) is 2.04. The van der Waals surface area contributed by atoms with E-state index < -0.39 is 4.92 Å². The maximum Gasteiger partial charge on any atom is 0.273 e. The van der Waals surface area contributed by atoms with Gasteiger partial charge in [0.15, 0.2) is 0 Å². The summed E-state index contributed by atoms with van der Waals surface area (Å²) in [6, 6.07) is 11.8. The molecule has 0 spiro atoms. The number of nitro benzene ring substituents is 1. The van der Waals surface area contributed by atoms with Gasteiger partial charge in [-0.1, -0.05) is 29.8 Å². The van der Waals surface area contributed by atoms with Crippen molar-refractivity contribution in [2.24, 2.45) is 5.84 Å². The summed E-state index contributed by atoms with van der Waals surface area (Å²) in [6.07, 6.45) is 0. The largest absolute Gasteiger partial charge is 0.378 e. The minimum absolute atomic E-state index is 0.0423. The summed E-state index contributed by atoms with van der Waals surface area (Å²) in [6.45, 7) is 1.93. The fraction of sp³-hybridized carbons (Fsp3) is 0.143. The lowest BCUT2D eigenvalue weighted by molar-refractivity contribution is -0.384. The van der Waals surface area contributed by atoms with Crippen LogP contribution >= 0.6 is 11.6 Å². The Bertz CT molecular complexity index is 663. The van der Waals surface area contributed by atoms with Crippen molar-refractivity contribution >= 4 is 28.7 Å². The third kappa shape index (κ3) is 3.62. The SMILES string of the molecule is CC(Nc1cc(NN)cc([N+](=O)[O-])c1)c1ccccc1Cl. The molecule has 0 aliphatic rings. The molecule has 0 aliphatic heterocycles. The normalized spacial score (nSPS) is 11.8. The Balaban J connectivity index is 2.28. The predicted octanol–water partition coefficient (Wildman–Crippen LogP) is 3.71. The molecule has 0 saturated carbocycles. The van der Waals surface area contributed by atoms with Gasteiger partial charge in [0.2, 0.25) is 0 Å². The fourth-order valence-corrected chi connectivity index (χ4v) is 2.34. The molecule has 21 heavy (non-hydrogen) atoms. The Morgan fingerprint density at radius 2 is 1.90 bits per heavy atom. The van der Waals surface area contributed by atoms with Crippen molar-refractivity contribution in [2.75, 3.05) is 10.7 Å². The number of hydrogen-bond acceptors (Lipinski definition) is 5. The number of hydrogen-bond donors (Lipinski definition) is 3. The highest BCUT2D eigenvalue weighted by Crippen LogP contribution is 2.29. The molecule has 1 atom stereocenters. The number of nitrogens with one attached hydrogen (secondary N) is 2. The van der Waals surface area contributed by atoms with Crippen LogP contribution in [0.1, 0.15) is 18.5 Å². The molecule has 110 valence electrons. The highest BCUT2D eigenvalue weighted by Gasteiger charge is 2.13. The first-order chi connectivity index (χ1) is 10.0. The lowest BCUT2D eigenvalue weighted by Gasteiger charge is -2.17. The van der Waals surface area contributed by atoms with Gasteiger partial charge in [0.1, 0.15) is 0 Å². The van der Waals surface area contributed by atoms with Gasteiger partial charge in [-0.15, -0.1) is 0 Å². The zero-order valence-electron chi connectivity index (χ0n) is 11.3. The number of rotatable bonds is 5. The van der Waals surface area contributed by atoms with Gasteiger partial charge in [0, 0.05) is 28.9 Å². The molecule has 0 amide bonds. The van der Waals surface area contributed by atoms with Crippen LogP contribution in [0.5, 0.6) is 0 Å². The number of hydrazine groups is 1. The minimum atomic E-state index is -0.466. The minimum Gasteiger partial charge on any atom is -0.378 e. The van der Waals surface area contributed by atoms with E-state index in [4.69, 9.17) is 17.4 Å². The quantitative estimate of drug-likeness (QED) is 0.445. The van der Waals surface area contributed by atoms with Gasteiger partial charge in [-0.2, -0.15) is 0 Å². The number of anilines is 2. The van der Waals surface area contributed by atoms with E-state index in [2.05, 4.69) is 10.7 Å². The van der Waals surface area contributed by atoms with E-state index in [1.165, 1.54) is 12.1 Å². The van der Waals surface area contributed by atoms with Crippen molar-refractivity contribution in [1.82, 2.24) is 0 Å². The second kappa shape index (κ2) is 6.43. The van der Waals surface area contributed by atoms with Gasteiger partial charge >= 0.3 is 0 Å². The molecule has 0 bridgehead atoms. The van der Waals surface area contributed by atoms with E-state index in [1.807, 2.05) is 25.1 Å². The van der Waals surface area contributed by atoms with Crippen molar-refractivity contribution in [3.8, 4) is 0 Å². The molecule has 0 fully saturated rings. The molecule has 6 nitrogen and oxygen atoms in total. The number of benzene rings is 2. The summed E-state index contributed by atoms with van der Waals surface area (Å²) >= 11 is 6.15. The zero-order valence-corrected chi connectivity index (χ0v) is 12.1. The highest BCUT2D eigenvalue weighted by atomic mass is 35.5. The average Bonchev–Trinajstić information content (AvgIpc) is 2.47. The van der Waals surface area contributed by atoms with Crippen LogP contribution in [0.3, 0.4) is 0 Å². The molecule has 0 radical (unpaired) electrons. The number of non-ortho nitro benzene ring substituents is 1. The van der Waals surface area contributed by atoms with Gasteiger partial charge < -0.3 is 10.7 Å². The maximum absolute atomic E-state index is 10.9. The lowest BCUT2D eigenvalue weighted by Crippen LogP contribution is -2.10. The van der Waals surface area contributed by atoms with Crippen LogP contribution in [0.4, 0.5) is 17.1 Å². The summed E-state index contributed by atoms with van der Waals surface area (Å²) in [5, 5.41) is 14.7. The van der Waals surface area contributed by atoms with E-state index >= 15 is 0 Å². The first-order valence-corrected chi connectivity index (χ1v) is 6.66. The Morgan fingerprint density at radius 3 is 2.52 bits per heavy atom. The van der Waals surface area contributed by atoms with Crippen LogP contribution in [0.25, 0.3) is 0 Å². The number of nitrogen functional groups attached to an aromatic ring is 1. The van der Waals surface area contributed by atoms with Crippen LogP contribution in [-0.2, 0) is 0 Å². The molecule has 4 N–H and O–H groups in total. The molecule has 7 heteroatoms. The highest BCUT2D eigenvalue weighted by molar-refractivity contribution is 6.31. The Kier molecular flexibility index (Phi) is 4.62. The third-order valence-corrected chi connectivity index (χ3v) is 3.39. The lowest BCUT2D eigenvalue weighted by atomic mass is 10.1. The van der Waals surface area contributed by atoms with E-state index in [9.17, 15) is 10.1 Å². The molecule has 2 aromatic carbocycles. The van der Waals surface area contributed by atoms with Gasteiger partial charge in [0.05, 0.1) is 10.6 Å². The monoisotopic (exact) mass is 306 g/mol. The number of halogens is 1. The van der Waals surface area contributed by atoms with E-state index in [1.54, 1.807) is 12.1 Å². The predicted molar refractivity (Wildman–Crippen MR) is 84.4 cm³/mol. The van der Waals surface area contributed by atoms with Gasteiger partial charge in [-0.05, 0) is 24.6 Å². The topological polar surface area (TPSA) is 93.2 Å². The molecule has 0 heterocycles. The zero-order chi connectivity index (χ0) is 15.4. The standard InChI is InChI=1S/C14H15ClN4O2/c1-9(13-4-2-3-5-14(13)15)17-10-6-11(18-16)8-12(7-10)19(20)21/h2-9,17-18H,16H2,1H3. The number of nitrogens with two attached hydrogens (primary N) is 1. The molecule has 0 aromatic heterocycles. The molecule has 1 unspecified atom stereocenters. The smallest absolute Gasteiger partial charge is 0.273 e. The average molecular weight is 307 g/mol. The van der Waals surface area contributed by atoms with Gasteiger partial charge in [-0.25, -0.2) is 0 Å². The first kappa shape index (κ1) is 15.1. The Labute approximate surface area is 127 Å². The molecule has 0 aliphatic carbocycles. The third-order valence-electron chi connectivity index (χ3n) is 3.05. The van der Waals surface area contributed by atoms with Crippen LogP contribution in [0.15, 0.2) is 42.5 Å². The van der Waals surface area contributed by atoms with E-state index in [-0.39, 0.29) is 11.7 Å². The number of nitrogens with zero attached hydrogens (tertiary/aromatic N) is 1. The summed E-state index contributed by atoms with van der Waals surface area (Å²) in [5.74, 6) is 5.33. The summed E-state index contributed by atoms with van der Waals surface area (Å²) in [5.41, 5.74) is 4.33. The van der Waals surface area contributed by atoms with E-state index in [0.717, 1.165) is 5.56 Å². The number of nitro groups is 1. The van der Waals surface area contributed by atoms with Gasteiger partial charge in [0.25, 0.3) is 5.69 Å². The summed E-state index contributed by atoms with van der Waals surface area (Å²) in [7, 11) is 0. The van der Waals surface area contributed by atoms with Crippen molar-refractivity contribution < 1.29 is 4.92 Å². The van der Waals surface area contributed by atoms with Crippen LogP contribution in [0.2, 0.25) is 5.02 Å². The van der Waals surface area contributed by atoms with Crippen molar-refractivity contribution in [1.29, 1.82) is 0 Å². The molecule has 2 rings (SSSR count). The Morgan fingerprint density at radius 1 is 1.24 bits per heavy atom. The van der Waals surface area contributed by atoms with Crippen LogP contribution < -0.4 is 16.6 Å². The molecule has 0 saturated heterocycles. The Hall–Kier alpha value is -2.31. The van der Waals surface area contributed by atoms with Crippen molar-refractivity contribution in [3.63, 3.8) is 0 Å². The summed E-state index contributed by atoms with van der Waals surface area (Å²) < 4.78 is 0. The summed E-state index contributed by atoms with van der Waals surface area (Å²) in [4.78, 5) is 10.5. The molecular weight excluding hydrogens is 292 g/mol. The van der Waals surface area contributed by atoms with Crippen molar-refractivity contribution in [2.45, 2.75) is 13.0 Å². The second-order valence-electron chi connectivity index (χ2n) is 4.56. The van der Waals surface area contributed by atoms with Crippen molar-refractivity contribution in [3.05, 3.63) is 63.2 Å². The van der Waals surface area contributed by atoms with Crippen LogP contribution in [-0.4, -0.2) is 4.92 Å². The van der Waals surface area contributed by atoms with Crippen LogP contribution in [0, 0.1) is 10.1 Å².